The molecule has 0 aliphatic carbocycles. The molecular weight excluding hydrogens is 278 g/mol. The first-order valence-electron chi connectivity index (χ1n) is 6.59. The average molecular weight is 299 g/mol. The van der Waals surface area contributed by atoms with E-state index in [1.807, 2.05) is 13.8 Å². The fourth-order valence-electron chi connectivity index (χ4n) is 1.83. The number of anilines is 1. The summed E-state index contributed by atoms with van der Waals surface area (Å²) in [4.78, 5) is 25.0. The van der Waals surface area contributed by atoms with E-state index < -0.39 is 12.1 Å². The molecule has 5 nitrogen and oxygen atoms in total. The lowest BCUT2D eigenvalue weighted by Gasteiger charge is -2.11. The van der Waals surface area contributed by atoms with E-state index in [0.29, 0.717) is 23.6 Å². The molecule has 0 aliphatic rings. The van der Waals surface area contributed by atoms with Crippen LogP contribution in [-0.4, -0.2) is 31.7 Å². The Morgan fingerprint density at radius 1 is 1.35 bits per heavy atom. The summed E-state index contributed by atoms with van der Waals surface area (Å²) < 4.78 is 10.0. The number of amides is 1. The summed E-state index contributed by atoms with van der Waals surface area (Å²) in [6, 6.07) is 0. The van der Waals surface area contributed by atoms with Gasteiger partial charge in [0.1, 0.15) is 11.1 Å². The van der Waals surface area contributed by atoms with Crippen molar-refractivity contribution in [2.75, 3.05) is 19.0 Å². The van der Waals surface area contributed by atoms with Crippen molar-refractivity contribution in [1.29, 1.82) is 0 Å². The van der Waals surface area contributed by atoms with Crippen molar-refractivity contribution in [1.82, 2.24) is 0 Å². The Morgan fingerprint density at radius 3 is 2.50 bits per heavy atom. The van der Waals surface area contributed by atoms with Crippen molar-refractivity contribution in [3.63, 3.8) is 0 Å². The SMILES string of the molecule is CCOC(=O)c1c(NC(=O)C(C)OC)sc(C)c1CC. The van der Waals surface area contributed by atoms with Gasteiger partial charge in [-0.1, -0.05) is 6.92 Å². The summed E-state index contributed by atoms with van der Waals surface area (Å²) in [5.41, 5.74) is 1.39. The molecule has 1 aromatic rings. The monoisotopic (exact) mass is 299 g/mol. The lowest BCUT2D eigenvalue weighted by atomic mass is 10.1. The fourth-order valence-corrected chi connectivity index (χ4v) is 2.97. The summed E-state index contributed by atoms with van der Waals surface area (Å²) in [7, 11) is 1.47. The molecule has 112 valence electrons. The van der Waals surface area contributed by atoms with Gasteiger partial charge in [-0.25, -0.2) is 4.79 Å². The van der Waals surface area contributed by atoms with E-state index in [4.69, 9.17) is 9.47 Å². The van der Waals surface area contributed by atoms with Crippen LogP contribution in [0.1, 0.15) is 41.6 Å². The van der Waals surface area contributed by atoms with E-state index in [1.165, 1.54) is 18.4 Å². The topological polar surface area (TPSA) is 64.6 Å². The molecule has 1 rings (SSSR count). The zero-order valence-electron chi connectivity index (χ0n) is 12.5. The Labute approximate surface area is 123 Å². The number of methoxy groups -OCH3 is 1. The molecule has 0 saturated carbocycles. The molecule has 6 heteroatoms. The van der Waals surface area contributed by atoms with Crippen LogP contribution >= 0.6 is 11.3 Å². The number of carbonyl (C=O) groups excluding carboxylic acids is 2. The van der Waals surface area contributed by atoms with Crippen molar-refractivity contribution in [2.24, 2.45) is 0 Å². The molecule has 0 spiro atoms. The van der Waals surface area contributed by atoms with Crippen molar-refractivity contribution < 1.29 is 19.1 Å². The molecule has 0 aromatic carbocycles. The molecule has 1 aromatic heterocycles. The number of rotatable bonds is 6. The van der Waals surface area contributed by atoms with Gasteiger partial charge in [-0.2, -0.15) is 0 Å². The molecule has 0 bridgehead atoms. The van der Waals surface area contributed by atoms with Crippen LogP contribution in [0.15, 0.2) is 0 Å². The van der Waals surface area contributed by atoms with Gasteiger partial charge in [0, 0.05) is 12.0 Å². The molecule has 20 heavy (non-hydrogen) atoms. The van der Waals surface area contributed by atoms with Crippen LogP contribution in [0, 0.1) is 6.92 Å². The second kappa shape index (κ2) is 7.40. The van der Waals surface area contributed by atoms with Crippen molar-refractivity contribution in [2.45, 2.75) is 40.2 Å². The van der Waals surface area contributed by atoms with Crippen LogP contribution in [0.25, 0.3) is 0 Å². The van der Waals surface area contributed by atoms with Gasteiger partial charge in [-0.15, -0.1) is 11.3 Å². The molecule has 1 amide bonds. The minimum absolute atomic E-state index is 0.276. The Bertz CT molecular complexity index is 496. The molecule has 0 fully saturated rings. The van der Waals surface area contributed by atoms with Crippen molar-refractivity contribution in [3.8, 4) is 0 Å². The van der Waals surface area contributed by atoms with Crippen LogP contribution < -0.4 is 5.32 Å². The van der Waals surface area contributed by atoms with Gasteiger partial charge in [0.2, 0.25) is 0 Å². The molecule has 1 atom stereocenters. The number of thiophene rings is 1. The minimum atomic E-state index is -0.572. The van der Waals surface area contributed by atoms with Gasteiger partial charge in [0.15, 0.2) is 0 Å². The van der Waals surface area contributed by atoms with E-state index in [1.54, 1.807) is 13.8 Å². The molecule has 1 unspecified atom stereocenters. The maximum atomic E-state index is 12.1. The van der Waals surface area contributed by atoms with Crippen molar-refractivity contribution >= 4 is 28.2 Å². The summed E-state index contributed by atoms with van der Waals surface area (Å²) in [6.45, 7) is 7.62. The molecule has 1 N–H and O–H groups in total. The lowest BCUT2D eigenvalue weighted by Crippen LogP contribution is -2.27. The Hall–Kier alpha value is -1.40. The highest BCUT2D eigenvalue weighted by atomic mass is 32.1. The highest BCUT2D eigenvalue weighted by molar-refractivity contribution is 7.16. The van der Waals surface area contributed by atoms with E-state index in [-0.39, 0.29) is 5.91 Å². The molecular formula is C14H21NO4S. The highest BCUT2D eigenvalue weighted by Crippen LogP contribution is 2.34. The normalized spacial score (nSPS) is 12.1. The summed E-state index contributed by atoms with van der Waals surface area (Å²) in [6.07, 6.45) is 0.143. The third-order valence-electron chi connectivity index (χ3n) is 3.00. The van der Waals surface area contributed by atoms with Gasteiger partial charge >= 0.3 is 5.97 Å². The minimum Gasteiger partial charge on any atom is -0.462 e. The number of nitrogens with one attached hydrogen (secondary N) is 1. The van der Waals surface area contributed by atoms with Gasteiger partial charge < -0.3 is 14.8 Å². The predicted octanol–water partition coefficient (Wildman–Crippen LogP) is 2.77. The summed E-state index contributed by atoms with van der Waals surface area (Å²) in [5.74, 6) is -0.670. The standard InChI is InChI=1S/C14H21NO4S/c1-6-10-9(4)20-13(11(10)14(17)19-7-2)15-12(16)8(3)18-5/h8H,6-7H2,1-5H3,(H,15,16). The van der Waals surface area contributed by atoms with E-state index in [2.05, 4.69) is 5.32 Å². The number of esters is 1. The second-order valence-electron chi connectivity index (χ2n) is 4.28. The molecule has 0 saturated heterocycles. The Morgan fingerprint density at radius 2 is 2.00 bits per heavy atom. The van der Waals surface area contributed by atoms with Crippen LogP contribution in [0.2, 0.25) is 0 Å². The second-order valence-corrected chi connectivity index (χ2v) is 5.51. The summed E-state index contributed by atoms with van der Waals surface area (Å²) in [5, 5.41) is 3.28. The fraction of sp³-hybridized carbons (Fsp3) is 0.571. The van der Waals surface area contributed by atoms with Crippen LogP contribution in [-0.2, 0) is 20.7 Å². The van der Waals surface area contributed by atoms with Crippen LogP contribution in [0.5, 0.6) is 0 Å². The van der Waals surface area contributed by atoms with Gasteiger partial charge in [-0.3, -0.25) is 4.79 Å². The van der Waals surface area contributed by atoms with E-state index in [0.717, 1.165) is 10.4 Å². The third kappa shape index (κ3) is 3.58. The highest BCUT2D eigenvalue weighted by Gasteiger charge is 2.24. The van der Waals surface area contributed by atoms with Crippen LogP contribution in [0.4, 0.5) is 5.00 Å². The molecule has 1 heterocycles. The lowest BCUT2D eigenvalue weighted by molar-refractivity contribution is -0.124. The largest absolute Gasteiger partial charge is 0.462 e. The Balaban J connectivity index is 3.12. The zero-order chi connectivity index (χ0) is 15.3. The number of carbonyl (C=O) groups is 2. The summed E-state index contributed by atoms with van der Waals surface area (Å²) >= 11 is 1.39. The first-order chi connectivity index (χ1) is 9.46. The van der Waals surface area contributed by atoms with Gasteiger partial charge in [0.25, 0.3) is 5.91 Å². The van der Waals surface area contributed by atoms with Gasteiger partial charge in [0.05, 0.1) is 12.2 Å². The third-order valence-corrected chi connectivity index (χ3v) is 4.06. The first kappa shape index (κ1) is 16.7. The maximum Gasteiger partial charge on any atom is 0.341 e. The smallest absolute Gasteiger partial charge is 0.341 e. The number of aryl methyl sites for hydroxylation is 1. The maximum absolute atomic E-state index is 12.1. The predicted molar refractivity (Wildman–Crippen MR) is 79.5 cm³/mol. The molecule has 0 aliphatic heterocycles. The van der Waals surface area contributed by atoms with Gasteiger partial charge in [-0.05, 0) is 32.8 Å². The number of hydrogen-bond donors (Lipinski definition) is 1. The van der Waals surface area contributed by atoms with E-state index in [9.17, 15) is 9.59 Å². The Kier molecular flexibility index (Phi) is 6.16. The van der Waals surface area contributed by atoms with Crippen molar-refractivity contribution in [3.05, 3.63) is 16.0 Å². The number of hydrogen-bond acceptors (Lipinski definition) is 5. The molecule has 0 radical (unpaired) electrons. The van der Waals surface area contributed by atoms with E-state index >= 15 is 0 Å². The number of ether oxygens (including phenoxy) is 2. The van der Waals surface area contributed by atoms with Crippen LogP contribution in [0.3, 0.4) is 0 Å². The average Bonchev–Trinajstić information content (AvgIpc) is 2.73. The first-order valence-corrected chi connectivity index (χ1v) is 7.40. The quantitative estimate of drug-likeness (QED) is 0.820. The zero-order valence-corrected chi connectivity index (χ0v) is 13.3.